The van der Waals surface area contributed by atoms with Crippen LogP contribution in [0.4, 0.5) is 10.6 Å². The maximum Gasteiger partial charge on any atom is 0.323 e. The maximum atomic E-state index is 14.3. The molecule has 0 spiro atoms. The van der Waals surface area contributed by atoms with Crippen LogP contribution in [0.3, 0.4) is 0 Å². The minimum absolute atomic E-state index is 0.00942. The normalized spacial score (nSPS) is 16.0. The molecule has 460 valence electrons. The number of carbonyl (C=O) groups excluding carboxylic acids is 6. The molecule has 26 nitrogen and oxygen atoms in total. The minimum atomic E-state index is -1.30. The third kappa shape index (κ3) is 15.7. The first-order valence-electron chi connectivity index (χ1n) is 27.2. The number of urea groups is 1. The third-order valence-corrected chi connectivity index (χ3v) is 19.1. The number of nitrogens with zero attached hydrogens (tertiary/aromatic N) is 8. The molecule has 1 unspecified atom stereocenters. The Morgan fingerprint density at radius 1 is 0.682 bits per heavy atom. The minimum Gasteiger partial charge on any atom is -0.481 e. The Morgan fingerprint density at radius 2 is 1.35 bits per heavy atom. The van der Waals surface area contributed by atoms with Crippen LogP contribution in [-0.2, 0) is 30.5 Å². The summed E-state index contributed by atoms with van der Waals surface area (Å²) in [5.74, 6) is -5.18. The summed E-state index contributed by atoms with van der Waals surface area (Å²) in [6.45, 7) is 5.00. The number of ether oxygens (including phenoxy) is 1. The van der Waals surface area contributed by atoms with Gasteiger partial charge in [0.15, 0.2) is 0 Å². The highest BCUT2D eigenvalue weighted by Crippen LogP contribution is 2.40. The van der Waals surface area contributed by atoms with E-state index in [-0.39, 0.29) is 85.6 Å². The van der Waals surface area contributed by atoms with Crippen molar-refractivity contribution in [3.8, 4) is 43.4 Å². The van der Waals surface area contributed by atoms with E-state index in [0.717, 1.165) is 56.7 Å². The Hall–Kier alpha value is -8.37. The molecule has 9 N–H and O–H groups in total. The molecule has 1 aromatic carbocycles. The van der Waals surface area contributed by atoms with E-state index >= 15 is 0 Å². The lowest BCUT2D eigenvalue weighted by Crippen LogP contribution is -2.40. The van der Waals surface area contributed by atoms with Crippen molar-refractivity contribution in [3.05, 3.63) is 111 Å². The lowest BCUT2D eigenvalue weighted by Gasteiger charge is -2.23. The number of carboxylic acids is 2. The van der Waals surface area contributed by atoms with Gasteiger partial charge in [-0.25, -0.2) is 39.7 Å². The molecule has 0 saturated carbocycles. The number of hydrogen-bond donors (Lipinski definition) is 9. The number of aliphatic hydroxyl groups excluding tert-OH is 1. The van der Waals surface area contributed by atoms with E-state index in [1.54, 1.807) is 70.9 Å². The molecule has 8 aromatic rings. The van der Waals surface area contributed by atoms with Crippen LogP contribution in [0, 0.1) is 12.8 Å². The highest BCUT2D eigenvalue weighted by atomic mass is 32.1. The van der Waals surface area contributed by atoms with Gasteiger partial charge in [0.1, 0.15) is 82.2 Å². The Kier molecular flexibility index (Phi) is 21.2. The van der Waals surface area contributed by atoms with Crippen molar-refractivity contribution in [2.45, 2.75) is 83.7 Å². The highest BCUT2D eigenvalue weighted by molar-refractivity contribution is 7.15. The van der Waals surface area contributed by atoms with Crippen LogP contribution >= 0.6 is 68.0 Å². The van der Waals surface area contributed by atoms with Crippen LogP contribution in [0.5, 0.6) is 0 Å². The summed E-state index contributed by atoms with van der Waals surface area (Å²) in [5, 5.41) is 55.9. The number of pyridine rings is 1. The number of nitrogens with one attached hydrogen (secondary N) is 6. The first-order chi connectivity index (χ1) is 42.3. The van der Waals surface area contributed by atoms with Crippen LogP contribution in [0.1, 0.15) is 132 Å². The second-order valence-electron chi connectivity index (χ2n) is 20.1. The van der Waals surface area contributed by atoms with Crippen molar-refractivity contribution in [1.29, 1.82) is 0 Å². The van der Waals surface area contributed by atoms with E-state index in [0.29, 0.717) is 68.7 Å². The monoisotopic (exact) mass is 1310 g/mol. The van der Waals surface area contributed by atoms with E-state index in [4.69, 9.17) is 24.7 Å². The summed E-state index contributed by atoms with van der Waals surface area (Å²) in [6, 6.07) is 8.64. The van der Waals surface area contributed by atoms with E-state index < -0.39 is 78.3 Å². The van der Waals surface area contributed by atoms with Gasteiger partial charge in [-0.05, 0) is 43.4 Å². The molecule has 32 heteroatoms. The number of aryl methyl sites for hydroxylation is 1. The lowest BCUT2D eigenvalue weighted by molar-refractivity contribution is -0.138. The number of aliphatic carboxylic acids is 2. The molecule has 7 aromatic heterocycles. The van der Waals surface area contributed by atoms with E-state index in [9.17, 15) is 53.7 Å². The Bertz CT molecular complexity index is 3860. The van der Waals surface area contributed by atoms with Gasteiger partial charge < -0.3 is 51.5 Å². The number of carboxylic acid groups (broad SMARTS) is 2. The fourth-order valence-corrected chi connectivity index (χ4v) is 14.5. The average molecular weight is 1310 g/mol. The van der Waals surface area contributed by atoms with Crippen molar-refractivity contribution in [2.24, 2.45) is 5.92 Å². The largest absolute Gasteiger partial charge is 0.481 e. The van der Waals surface area contributed by atoms with Crippen LogP contribution in [0.15, 0.2) is 64.0 Å². The summed E-state index contributed by atoms with van der Waals surface area (Å²) < 4.78 is 5.45. The molecule has 0 fully saturated rings. The Morgan fingerprint density at radius 3 is 2.06 bits per heavy atom. The molecule has 0 saturated heterocycles. The van der Waals surface area contributed by atoms with Crippen molar-refractivity contribution >= 4 is 121 Å². The SMILES string of the molecule is CNC(=O)C[C@@H]1NC(=O)c2csc(n2)-c2ccc(-c3nc(NC(=O)N(CCCC(=O)O)CCCC(=O)O)cs3)nc2-c2csc(n2)-c2csc(n2)[C@H]([C@@H](O)c2ccccc2)NC(=O)CNC(=O)c2nc(sc2COC)C(C(C)C)NC(=O)c2nc1sc2C. The van der Waals surface area contributed by atoms with Gasteiger partial charge in [0.2, 0.25) is 11.8 Å². The molecule has 7 amide bonds. The maximum absolute atomic E-state index is 14.3. The molecule has 9 rings (SSSR count). The van der Waals surface area contributed by atoms with Crippen molar-refractivity contribution in [1.82, 2.24) is 66.4 Å². The molecule has 1 aliphatic heterocycles. The van der Waals surface area contributed by atoms with Crippen LogP contribution in [0.2, 0.25) is 0 Å². The van der Waals surface area contributed by atoms with E-state index in [1.807, 2.05) is 13.8 Å². The standard InChI is InChI=1S/C56H58N14O12S6/c1-26(2)41-55-69-44(35(88-55)21-82-5)48(79)58-20-38(72)66-45(46(77)28-11-7-6-8-12-28)54-63-34(24-85-54)52-61-32(22-84-52)43-29(50-62-33(23-83-50)47(78)60-31(19-37(71)57-4)53-68-42(27(3)87-53)49(80)67-41)15-16-30(59-43)51-64-36(25-86-51)65-56(81)70(17-9-13-39(73)74)18-10-14-40(75)76/h6-8,11-12,15-16,22-26,31,41,45-46,77H,9-10,13-14,17-21H2,1-5H3,(H,57,71)(H,58,79)(H,60,78)(H,65,81)(H,66,72)(H,67,80)(H,73,74)(H,75,76)/t31-,41?,45-,46-/m0/s1. The van der Waals surface area contributed by atoms with Gasteiger partial charge in [0.05, 0.1) is 42.2 Å². The van der Waals surface area contributed by atoms with Gasteiger partial charge in [0, 0.05) is 72.0 Å². The van der Waals surface area contributed by atoms with E-state index in [2.05, 4.69) is 46.9 Å². The van der Waals surface area contributed by atoms with Gasteiger partial charge >= 0.3 is 18.0 Å². The van der Waals surface area contributed by atoms with Gasteiger partial charge in [-0.1, -0.05) is 44.2 Å². The molecule has 8 heterocycles. The number of hydrogen-bond acceptors (Lipinski definition) is 23. The molecular weight excluding hydrogens is 1250 g/mol. The lowest BCUT2D eigenvalue weighted by atomic mass is 10.0. The van der Waals surface area contributed by atoms with Crippen LogP contribution in [0.25, 0.3) is 43.4 Å². The summed E-state index contributed by atoms with van der Waals surface area (Å²) in [7, 11) is 2.91. The highest BCUT2D eigenvalue weighted by Gasteiger charge is 2.33. The zero-order valence-corrected chi connectivity index (χ0v) is 52.5. The predicted octanol–water partition coefficient (Wildman–Crippen LogP) is 7.88. The van der Waals surface area contributed by atoms with Crippen molar-refractivity contribution in [3.63, 3.8) is 0 Å². The molecule has 4 atom stereocenters. The van der Waals surface area contributed by atoms with Crippen LogP contribution < -0.4 is 31.9 Å². The first-order valence-corrected chi connectivity index (χ1v) is 32.3. The topological polar surface area (TPSA) is 372 Å². The number of amides is 7. The number of methoxy groups -OCH3 is 1. The number of fused-ring (bicyclic) bond motifs is 14. The second-order valence-corrected chi connectivity index (χ2v) is 25.9. The predicted molar refractivity (Wildman–Crippen MR) is 331 cm³/mol. The Balaban J connectivity index is 1.10. The van der Waals surface area contributed by atoms with Gasteiger partial charge in [-0.3, -0.25) is 38.9 Å². The average Bonchev–Trinajstić information content (AvgIpc) is 2.93. The van der Waals surface area contributed by atoms with Gasteiger partial charge in [-0.2, -0.15) is 0 Å². The molecule has 0 radical (unpaired) electrons. The number of rotatable bonds is 17. The number of aliphatic hydroxyl groups is 1. The molecular formula is C56H58N14O12S6. The zero-order valence-electron chi connectivity index (χ0n) is 47.6. The van der Waals surface area contributed by atoms with Gasteiger partial charge in [0.25, 0.3) is 17.7 Å². The van der Waals surface area contributed by atoms with E-state index in [1.165, 1.54) is 30.4 Å². The van der Waals surface area contributed by atoms with Crippen molar-refractivity contribution < 1.29 is 58.4 Å². The number of benzene rings is 1. The Labute approximate surface area is 526 Å². The molecule has 1 aliphatic rings. The number of thiazole rings is 6. The third-order valence-electron chi connectivity index (χ3n) is 13.4. The number of aromatic nitrogens is 7. The summed E-state index contributed by atoms with van der Waals surface area (Å²) in [5.41, 5.74) is 2.35. The molecule has 0 aliphatic carbocycles. The fraction of sp³-hybridized carbons (Fsp3) is 0.339. The fourth-order valence-electron chi connectivity index (χ4n) is 8.99. The quantitative estimate of drug-likeness (QED) is 0.0418. The summed E-state index contributed by atoms with van der Waals surface area (Å²) in [4.78, 5) is 142. The number of anilines is 1. The first kappa shape index (κ1) is 64.1. The second kappa shape index (κ2) is 29.1. The molecule has 10 bridgehead atoms. The van der Waals surface area contributed by atoms with Crippen molar-refractivity contribution in [2.75, 3.05) is 39.1 Å². The zero-order chi connectivity index (χ0) is 62.8. The van der Waals surface area contributed by atoms with Gasteiger partial charge in [-0.15, -0.1) is 68.0 Å². The van der Waals surface area contributed by atoms with Crippen LogP contribution in [-0.4, -0.2) is 136 Å². The smallest absolute Gasteiger partial charge is 0.323 e. The summed E-state index contributed by atoms with van der Waals surface area (Å²) >= 11 is 6.97. The molecule has 88 heavy (non-hydrogen) atoms. The number of carbonyl (C=O) groups is 8. The summed E-state index contributed by atoms with van der Waals surface area (Å²) in [6.07, 6.45) is -1.66.